The van der Waals surface area contributed by atoms with Crippen LogP contribution in [0, 0.1) is 5.82 Å². The molecule has 0 aliphatic carbocycles. The first kappa shape index (κ1) is 14.2. The van der Waals surface area contributed by atoms with Crippen LogP contribution in [0.25, 0.3) is 10.9 Å². The molecule has 0 saturated heterocycles. The van der Waals surface area contributed by atoms with E-state index in [1.165, 1.54) is 12.1 Å². The molecule has 21 heavy (non-hydrogen) atoms. The third kappa shape index (κ3) is 3.11. The molecule has 1 N–H and O–H groups in total. The smallest absolute Gasteiger partial charge is 0.303 e. The topological polar surface area (TPSA) is 42.2 Å². The van der Waals surface area contributed by atoms with Gasteiger partial charge < -0.3 is 5.11 Å². The molecule has 3 aromatic rings. The van der Waals surface area contributed by atoms with Crippen LogP contribution >= 0.6 is 23.3 Å². The lowest BCUT2D eigenvalue weighted by atomic mass is 10.1. The van der Waals surface area contributed by atoms with Gasteiger partial charge in [-0.3, -0.25) is 8.77 Å². The number of hydrogen-bond acceptors (Lipinski definition) is 3. The maximum atomic E-state index is 13.5. The van der Waals surface area contributed by atoms with Crippen molar-refractivity contribution in [2.75, 3.05) is 0 Å². The van der Waals surface area contributed by atoms with E-state index >= 15 is 0 Å². The number of halogens is 1. The Kier molecular flexibility index (Phi) is 3.98. The molecule has 0 aliphatic heterocycles. The number of rotatable bonds is 5. The van der Waals surface area contributed by atoms with Crippen molar-refractivity contribution in [2.45, 2.75) is 17.1 Å². The molecule has 0 amide bonds. The number of carboxylic acid groups (broad SMARTS) is 1. The maximum absolute atomic E-state index is 13.5. The third-order valence-electron chi connectivity index (χ3n) is 3.11. The fourth-order valence-corrected chi connectivity index (χ4v) is 3.97. The second-order valence-corrected chi connectivity index (χ2v) is 6.78. The predicted octanol–water partition coefficient (Wildman–Crippen LogP) is 4.41. The van der Waals surface area contributed by atoms with E-state index in [4.69, 9.17) is 5.11 Å². The highest BCUT2D eigenvalue weighted by Crippen LogP contribution is 2.32. The SMILES string of the molecule is O=C(O)CCc1cn(Sc2cccs2)c2ccc(F)cc12. The Balaban J connectivity index is 2.01. The minimum atomic E-state index is -0.849. The maximum Gasteiger partial charge on any atom is 0.303 e. The number of benzene rings is 1. The van der Waals surface area contributed by atoms with Crippen LogP contribution in [-0.4, -0.2) is 15.0 Å². The van der Waals surface area contributed by atoms with Crippen molar-refractivity contribution in [3.63, 3.8) is 0 Å². The van der Waals surface area contributed by atoms with Gasteiger partial charge in [0, 0.05) is 30.0 Å². The number of aryl methyl sites for hydroxylation is 1. The number of carboxylic acids is 1. The quantitative estimate of drug-likeness (QED) is 0.756. The Hall–Kier alpha value is -1.79. The standard InChI is InChI=1S/C15H12FNO2S2/c16-11-4-5-13-12(8-11)10(3-6-14(18)19)9-17(13)21-15-2-1-7-20-15/h1-2,4-5,7-9H,3,6H2,(H,18,19). The van der Waals surface area contributed by atoms with Crippen LogP contribution in [0.4, 0.5) is 4.39 Å². The van der Waals surface area contributed by atoms with Crippen LogP contribution in [0.5, 0.6) is 0 Å². The summed E-state index contributed by atoms with van der Waals surface area (Å²) in [5.74, 6) is -1.16. The summed E-state index contributed by atoms with van der Waals surface area (Å²) < 4.78 is 16.6. The van der Waals surface area contributed by atoms with Crippen molar-refractivity contribution in [2.24, 2.45) is 0 Å². The Morgan fingerprint density at radius 2 is 2.24 bits per heavy atom. The van der Waals surface area contributed by atoms with E-state index in [2.05, 4.69) is 0 Å². The summed E-state index contributed by atoms with van der Waals surface area (Å²) in [6, 6.07) is 8.62. The lowest BCUT2D eigenvalue weighted by Crippen LogP contribution is -1.96. The summed E-state index contributed by atoms with van der Waals surface area (Å²) in [6.45, 7) is 0. The summed E-state index contributed by atoms with van der Waals surface area (Å²) in [6.07, 6.45) is 2.34. The van der Waals surface area contributed by atoms with Crippen molar-refractivity contribution in [3.05, 3.63) is 53.3 Å². The number of thiophene rings is 1. The summed E-state index contributed by atoms with van der Waals surface area (Å²) in [5, 5.41) is 11.6. The van der Waals surface area contributed by atoms with Crippen LogP contribution in [0.2, 0.25) is 0 Å². The van der Waals surface area contributed by atoms with Crippen LogP contribution in [0.1, 0.15) is 12.0 Å². The molecule has 6 heteroatoms. The van der Waals surface area contributed by atoms with E-state index < -0.39 is 5.97 Å². The number of hydrogen-bond donors (Lipinski definition) is 1. The van der Waals surface area contributed by atoms with E-state index in [0.717, 1.165) is 20.7 Å². The van der Waals surface area contributed by atoms with Gasteiger partial charge in [-0.1, -0.05) is 6.07 Å². The van der Waals surface area contributed by atoms with Gasteiger partial charge in [0.15, 0.2) is 0 Å². The van der Waals surface area contributed by atoms with Crippen molar-refractivity contribution in [1.82, 2.24) is 3.97 Å². The molecule has 0 radical (unpaired) electrons. The molecule has 0 spiro atoms. The highest BCUT2D eigenvalue weighted by Gasteiger charge is 2.12. The zero-order valence-corrected chi connectivity index (χ0v) is 12.6. The van der Waals surface area contributed by atoms with Gasteiger partial charge in [0.1, 0.15) is 5.82 Å². The molecule has 1 aromatic carbocycles. The van der Waals surface area contributed by atoms with E-state index in [0.29, 0.717) is 6.42 Å². The number of fused-ring (bicyclic) bond motifs is 1. The third-order valence-corrected chi connectivity index (χ3v) is 5.10. The van der Waals surface area contributed by atoms with E-state index in [1.54, 1.807) is 29.4 Å². The Bertz CT molecular complexity index is 780. The molecule has 108 valence electrons. The molecule has 0 bridgehead atoms. The molecule has 2 aromatic heterocycles. The molecule has 0 saturated carbocycles. The van der Waals surface area contributed by atoms with Gasteiger partial charge in [-0.2, -0.15) is 0 Å². The normalized spacial score (nSPS) is 11.1. The molecule has 3 rings (SSSR count). The number of aliphatic carboxylic acids is 1. The second-order valence-electron chi connectivity index (χ2n) is 4.56. The van der Waals surface area contributed by atoms with Crippen molar-refractivity contribution >= 4 is 40.2 Å². The summed E-state index contributed by atoms with van der Waals surface area (Å²) in [7, 11) is 0. The largest absolute Gasteiger partial charge is 0.481 e. The Morgan fingerprint density at radius 1 is 1.38 bits per heavy atom. The highest BCUT2D eigenvalue weighted by atomic mass is 32.2. The minimum Gasteiger partial charge on any atom is -0.481 e. The average Bonchev–Trinajstić information content (AvgIpc) is 3.05. The second kappa shape index (κ2) is 5.91. The monoisotopic (exact) mass is 321 g/mol. The molecule has 3 nitrogen and oxygen atoms in total. The zero-order valence-electron chi connectivity index (χ0n) is 11.0. The predicted molar refractivity (Wildman–Crippen MR) is 83.4 cm³/mol. The first-order valence-electron chi connectivity index (χ1n) is 6.36. The summed E-state index contributed by atoms with van der Waals surface area (Å²) in [5.41, 5.74) is 1.76. The molecule has 0 unspecified atom stereocenters. The molecule has 0 atom stereocenters. The molecular formula is C15H12FNO2S2. The van der Waals surface area contributed by atoms with Crippen LogP contribution < -0.4 is 0 Å². The van der Waals surface area contributed by atoms with Crippen LogP contribution in [0.3, 0.4) is 0 Å². The lowest BCUT2D eigenvalue weighted by molar-refractivity contribution is -0.136. The molecular weight excluding hydrogens is 309 g/mol. The van der Waals surface area contributed by atoms with E-state index in [1.807, 2.05) is 27.7 Å². The van der Waals surface area contributed by atoms with Crippen LogP contribution in [0.15, 0.2) is 46.1 Å². The van der Waals surface area contributed by atoms with Gasteiger partial charge in [0.05, 0.1) is 9.73 Å². The fraction of sp³-hybridized carbons (Fsp3) is 0.133. The first-order chi connectivity index (χ1) is 10.1. The van der Waals surface area contributed by atoms with Crippen molar-refractivity contribution in [3.8, 4) is 0 Å². The van der Waals surface area contributed by atoms with Crippen LogP contribution in [-0.2, 0) is 11.2 Å². The lowest BCUT2D eigenvalue weighted by Gasteiger charge is -2.01. The zero-order chi connectivity index (χ0) is 14.8. The summed E-state index contributed by atoms with van der Waals surface area (Å²) >= 11 is 3.18. The Labute approximate surface area is 129 Å². The molecule has 0 fully saturated rings. The van der Waals surface area contributed by atoms with E-state index in [9.17, 15) is 9.18 Å². The number of nitrogens with zero attached hydrogens (tertiary/aromatic N) is 1. The number of carbonyl (C=O) groups is 1. The van der Waals surface area contributed by atoms with E-state index in [-0.39, 0.29) is 12.2 Å². The summed E-state index contributed by atoms with van der Waals surface area (Å²) in [4.78, 5) is 10.8. The van der Waals surface area contributed by atoms with Gasteiger partial charge in [-0.05, 0) is 41.6 Å². The minimum absolute atomic E-state index is 0.0410. The fourth-order valence-electron chi connectivity index (χ4n) is 2.17. The molecule has 0 aliphatic rings. The van der Waals surface area contributed by atoms with Gasteiger partial charge in [-0.15, -0.1) is 11.3 Å². The van der Waals surface area contributed by atoms with Crippen molar-refractivity contribution < 1.29 is 14.3 Å². The van der Waals surface area contributed by atoms with Gasteiger partial charge in [0.2, 0.25) is 0 Å². The highest BCUT2D eigenvalue weighted by molar-refractivity contribution is 7.99. The first-order valence-corrected chi connectivity index (χ1v) is 8.02. The molecule has 2 heterocycles. The number of aromatic nitrogens is 1. The van der Waals surface area contributed by atoms with Gasteiger partial charge in [0.25, 0.3) is 0 Å². The average molecular weight is 321 g/mol. The van der Waals surface area contributed by atoms with Gasteiger partial charge >= 0.3 is 5.97 Å². The van der Waals surface area contributed by atoms with Gasteiger partial charge in [-0.25, -0.2) is 4.39 Å². The van der Waals surface area contributed by atoms with Crippen molar-refractivity contribution in [1.29, 1.82) is 0 Å². The Morgan fingerprint density at radius 3 is 2.95 bits per heavy atom.